The molecule has 0 aromatic heterocycles. The second-order valence-electron chi connectivity index (χ2n) is 4.27. The second-order valence-corrected chi connectivity index (χ2v) is 6.57. The first kappa shape index (κ1) is 12.7. The van der Waals surface area contributed by atoms with E-state index in [0.29, 0.717) is 6.42 Å². The molecule has 3 nitrogen and oxygen atoms in total. The van der Waals surface area contributed by atoms with Gasteiger partial charge in [0.2, 0.25) is 0 Å². The number of carbonyl (C=O) groups is 1. The van der Waals surface area contributed by atoms with Gasteiger partial charge in [0.05, 0.1) is 5.75 Å². The van der Waals surface area contributed by atoms with E-state index in [0.717, 1.165) is 25.7 Å². The summed E-state index contributed by atoms with van der Waals surface area (Å²) >= 11 is 0. The van der Waals surface area contributed by atoms with Crippen molar-refractivity contribution in [3.05, 3.63) is 0 Å². The molecule has 1 unspecified atom stereocenters. The molecule has 1 aliphatic heterocycles. The van der Waals surface area contributed by atoms with Crippen molar-refractivity contribution in [3.63, 3.8) is 0 Å². The van der Waals surface area contributed by atoms with Gasteiger partial charge in [0, 0.05) is 5.92 Å². The van der Waals surface area contributed by atoms with E-state index < -0.39 is 15.1 Å². The lowest BCUT2D eigenvalue weighted by molar-refractivity contribution is -0.122. The average Bonchev–Trinajstić information content (AvgIpc) is 2.18. The zero-order chi connectivity index (χ0) is 11.5. The van der Waals surface area contributed by atoms with Gasteiger partial charge in [0.25, 0.3) is 0 Å². The van der Waals surface area contributed by atoms with Crippen molar-refractivity contribution >= 4 is 15.6 Å². The highest BCUT2D eigenvalue weighted by atomic mass is 32.2. The van der Waals surface area contributed by atoms with Gasteiger partial charge in [-0.3, -0.25) is 4.79 Å². The van der Waals surface area contributed by atoms with Gasteiger partial charge in [0.1, 0.15) is 5.25 Å². The third kappa shape index (κ3) is 2.80. The topological polar surface area (TPSA) is 51.2 Å². The van der Waals surface area contributed by atoms with Crippen molar-refractivity contribution in [2.45, 2.75) is 51.2 Å². The Morgan fingerprint density at radius 3 is 2.33 bits per heavy atom. The Bertz CT molecular complexity index is 315. The number of hydrogen-bond acceptors (Lipinski definition) is 3. The van der Waals surface area contributed by atoms with E-state index in [1.165, 1.54) is 0 Å². The summed E-state index contributed by atoms with van der Waals surface area (Å²) in [6.45, 7) is 3.89. The summed E-state index contributed by atoms with van der Waals surface area (Å²) in [4.78, 5) is 12.0. The zero-order valence-corrected chi connectivity index (χ0v) is 10.3. The number of Topliss-reactive ketones (excluding diaryl/α,β-unsaturated/α-hetero) is 1. The lowest BCUT2D eigenvalue weighted by Gasteiger charge is -2.24. The van der Waals surface area contributed by atoms with Gasteiger partial charge >= 0.3 is 0 Å². The summed E-state index contributed by atoms with van der Waals surface area (Å²) in [6.07, 6.45) is 3.63. The smallest absolute Gasteiger partial charge is 0.160 e. The number of sulfone groups is 1. The van der Waals surface area contributed by atoms with E-state index in [2.05, 4.69) is 0 Å². The number of rotatable bonds is 4. The number of carbonyl (C=O) groups excluding carboxylic acids is 1. The predicted octanol–water partition coefficient (Wildman–Crippen LogP) is 1.96. The molecule has 1 fully saturated rings. The molecule has 0 N–H and O–H groups in total. The van der Waals surface area contributed by atoms with Crippen molar-refractivity contribution in [1.82, 2.24) is 0 Å². The summed E-state index contributed by atoms with van der Waals surface area (Å²) in [5.41, 5.74) is 0. The van der Waals surface area contributed by atoms with Crippen molar-refractivity contribution < 1.29 is 13.2 Å². The van der Waals surface area contributed by atoms with Crippen LogP contribution in [-0.2, 0) is 14.6 Å². The van der Waals surface area contributed by atoms with E-state index in [4.69, 9.17) is 0 Å². The van der Waals surface area contributed by atoms with E-state index in [9.17, 15) is 13.2 Å². The quantitative estimate of drug-likeness (QED) is 0.744. The minimum Gasteiger partial charge on any atom is -0.298 e. The van der Waals surface area contributed by atoms with Crippen molar-refractivity contribution in [2.24, 2.45) is 5.92 Å². The van der Waals surface area contributed by atoms with E-state index in [1.807, 2.05) is 13.8 Å². The monoisotopic (exact) mass is 232 g/mol. The van der Waals surface area contributed by atoms with E-state index >= 15 is 0 Å². The van der Waals surface area contributed by atoms with Crippen LogP contribution in [0.1, 0.15) is 46.0 Å². The maximum atomic E-state index is 12.0. The molecule has 1 aliphatic rings. The Morgan fingerprint density at radius 2 is 1.87 bits per heavy atom. The molecule has 0 saturated carbocycles. The van der Waals surface area contributed by atoms with Crippen molar-refractivity contribution in [2.75, 3.05) is 5.75 Å². The Balaban J connectivity index is 2.81. The Labute approximate surface area is 92.2 Å². The molecule has 15 heavy (non-hydrogen) atoms. The number of ketones is 1. The van der Waals surface area contributed by atoms with Crippen molar-refractivity contribution in [1.29, 1.82) is 0 Å². The van der Waals surface area contributed by atoms with Crippen LogP contribution in [0.25, 0.3) is 0 Å². The van der Waals surface area contributed by atoms with Gasteiger partial charge < -0.3 is 0 Å². The summed E-state index contributed by atoms with van der Waals surface area (Å²) in [7, 11) is -3.14. The fraction of sp³-hybridized carbons (Fsp3) is 0.909. The maximum Gasteiger partial charge on any atom is 0.160 e. The molecule has 0 aromatic carbocycles. The van der Waals surface area contributed by atoms with Crippen LogP contribution in [0.15, 0.2) is 0 Å². The molecule has 0 amide bonds. The molecule has 4 heteroatoms. The predicted molar refractivity (Wildman–Crippen MR) is 60.5 cm³/mol. The average molecular weight is 232 g/mol. The highest BCUT2D eigenvalue weighted by Gasteiger charge is 2.36. The van der Waals surface area contributed by atoms with Crippen LogP contribution in [0.4, 0.5) is 0 Å². The van der Waals surface area contributed by atoms with E-state index in [-0.39, 0.29) is 17.5 Å². The lowest BCUT2D eigenvalue weighted by atomic mass is 9.94. The van der Waals surface area contributed by atoms with Gasteiger partial charge in [-0.05, 0) is 25.7 Å². The fourth-order valence-electron chi connectivity index (χ4n) is 2.23. The highest BCUT2D eigenvalue weighted by Crippen LogP contribution is 2.24. The van der Waals surface area contributed by atoms with Gasteiger partial charge in [0.15, 0.2) is 15.6 Å². The summed E-state index contributed by atoms with van der Waals surface area (Å²) < 4.78 is 23.5. The standard InChI is InChI=1S/C11H20O3S/c1-3-9(4-2)11(12)10-7-5-6-8-15(10,13)14/h9-10H,3-8H2,1-2H3. The normalized spacial score (nSPS) is 25.4. The molecule has 1 heterocycles. The molecule has 1 atom stereocenters. The van der Waals surface area contributed by atoms with Crippen LogP contribution in [-0.4, -0.2) is 25.2 Å². The first-order valence-electron chi connectivity index (χ1n) is 5.78. The first-order chi connectivity index (χ1) is 7.03. The largest absolute Gasteiger partial charge is 0.298 e. The molecular weight excluding hydrogens is 212 g/mol. The molecular formula is C11H20O3S. The van der Waals surface area contributed by atoms with Crippen LogP contribution < -0.4 is 0 Å². The van der Waals surface area contributed by atoms with Gasteiger partial charge in [-0.25, -0.2) is 8.42 Å². The second kappa shape index (κ2) is 5.10. The molecule has 1 saturated heterocycles. The molecule has 1 rings (SSSR count). The third-order valence-electron chi connectivity index (χ3n) is 3.28. The summed E-state index contributed by atoms with van der Waals surface area (Å²) in [5, 5.41) is -0.698. The van der Waals surface area contributed by atoms with Crippen LogP contribution in [0.3, 0.4) is 0 Å². The first-order valence-corrected chi connectivity index (χ1v) is 7.49. The molecule has 0 spiro atoms. The van der Waals surface area contributed by atoms with Gasteiger partial charge in [-0.2, -0.15) is 0 Å². The summed E-state index contributed by atoms with van der Waals surface area (Å²) in [6, 6.07) is 0. The zero-order valence-electron chi connectivity index (χ0n) is 9.53. The minimum atomic E-state index is -3.14. The van der Waals surface area contributed by atoms with Crippen LogP contribution >= 0.6 is 0 Å². The molecule has 0 radical (unpaired) electrons. The highest BCUT2D eigenvalue weighted by molar-refractivity contribution is 7.92. The Hall–Kier alpha value is -0.380. The molecule has 0 aliphatic carbocycles. The lowest BCUT2D eigenvalue weighted by Crippen LogP contribution is -2.38. The minimum absolute atomic E-state index is 0.0419. The third-order valence-corrected chi connectivity index (χ3v) is 5.48. The van der Waals surface area contributed by atoms with Gasteiger partial charge in [-0.1, -0.05) is 20.3 Å². The van der Waals surface area contributed by atoms with Crippen LogP contribution in [0.5, 0.6) is 0 Å². The summed E-state index contributed by atoms with van der Waals surface area (Å²) in [5.74, 6) is 0.0892. The molecule has 0 bridgehead atoms. The maximum absolute atomic E-state index is 12.0. The van der Waals surface area contributed by atoms with Crippen LogP contribution in [0, 0.1) is 5.92 Å². The SMILES string of the molecule is CCC(CC)C(=O)C1CCCCS1(=O)=O. The molecule has 88 valence electrons. The van der Waals surface area contributed by atoms with Crippen LogP contribution in [0.2, 0.25) is 0 Å². The fourth-order valence-corrected chi connectivity index (χ4v) is 4.19. The van der Waals surface area contributed by atoms with Crippen molar-refractivity contribution in [3.8, 4) is 0 Å². The van der Waals surface area contributed by atoms with Gasteiger partial charge in [-0.15, -0.1) is 0 Å². The number of hydrogen-bond donors (Lipinski definition) is 0. The van der Waals surface area contributed by atoms with E-state index in [1.54, 1.807) is 0 Å². The Kier molecular flexibility index (Phi) is 4.32. The molecule has 0 aromatic rings. The Morgan fingerprint density at radius 1 is 1.27 bits per heavy atom.